The largest absolute Gasteiger partial charge is 0.309 e. The third kappa shape index (κ3) is 3.44. The Kier molecular flexibility index (Phi) is 4.00. The summed E-state index contributed by atoms with van der Waals surface area (Å²) in [5.74, 6) is 0.551. The molecule has 0 atom stereocenters. The maximum Gasteiger partial charge on any atom is 0.230 e. The number of hydrogen-bond acceptors (Lipinski definition) is 2. The summed E-state index contributed by atoms with van der Waals surface area (Å²) in [4.78, 5) is 12.0. The molecule has 2 N–H and O–H groups in total. The molecule has 0 aliphatic heterocycles. The van der Waals surface area contributed by atoms with E-state index in [4.69, 9.17) is 0 Å². The molecule has 4 heteroatoms. The molecule has 2 aromatic rings. The molecule has 0 aliphatic rings. The van der Waals surface area contributed by atoms with E-state index in [1.54, 1.807) is 0 Å². The Bertz CT molecular complexity index is 587. The molecule has 0 spiro atoms. The minimum atomic E-state index is -0.0390. The highest BCUT2D eigenvalue weighted by atomic mass is 16.1. The van der Waals surface area contributed by atoms with E-state index in [-0.39, 0.29) is 5.91 Å². The normalized spacial score (nSPS) is 10.5. The molecule has 0 unspecified atom stereocenters. The van der Waals surface area contributed by atoms with Gasteiger partial charge in [-0.2, -0.15) is 5.10 Å². The summed E-state index contributed by atoms with van der Waals surface area (Å²) in [5.41, 5.74) is 4.38. The lowest BCUT2D eigenvalue weighted by Crippen LogP contribution is -2.15. The summed E-state index contributed by atoms with van der Waals surface area (Å²) in [5, 5.41) is 9.74. The molecular formula is C15H19N3O. The summed E-state index contributed by atoms with van der Waals surface area (Å²) >= 11 is 0. The van der Waals surface area contributed by atoms with E-state index in [9.17, 15) is 4.79 Å². The average molecular weight is 257 g/mol. The Hall–Kier alpha value is -2.10. The highest BCUT2D eigenvalue weighted by Gasteiger charge is 2.08. The summed E-state index contributed by atoms with van der Waals surface area (Å²) in [7, 11) is 0. The van der Waals surface area contributed by atoms with Gasteiger partial charge in [-0.25, -0.2) is 0 Å². The summed E-state index contributed by atoms with van der Waals surface area (Å²) in [6.07, 6.45) is 1.25. The van der Waals surface area contributed by atoms with Gasteiger partial charge in [0.15, 0.2) is 5.82 Å². The van der Waals surface area contributed by atoms with Gasteiger partial charge in [0.2, 0.25) is 5.91 Å². The highest BCUT2D eigenvalue weighted by Crippen LogP contribution is 2.12. The second-order valence-corrected chi connectivity index (χ2v) is 4.79. The molecule has 0 bridgehead atoms. The fraction of sp³-hybridized carbons (Fsp3) is 0.333. The minimum Gasteiger partial charge on any atom is -0.309 e. The lowest BCUT2D eigenvalue weighted by molar-refractivity contribution is -0.115. The molecule has 1 amide bonds. The van der Waals surface area contributed by atoms with Crippen LogP contribution in [0.2, 0.25) is 0 Å². The van der Waals surface area contributed by atoms with Crippen LogP contribution >= 0.6 is 0 Å². The maximum atomic E-state index is 12.0. The number of aryl methyl sites for hydroxylation is 3. The van der Waals surface area contributed by atoms with Gasteiger partial charge in [-0.3, -0.25) is 9.89 Å². The first-order chi connectivity index (χ1) is 9.08. The monoisotopic (exact) mass is 257 g/mol. The zero-order chi connectivity index (χ0) is 13.8. The number of H-pyrrole nitrogens is 1. The predicted octanol–water partition coefficient (Wildman–Crippen LogP) is 2.77. The molecule has 1 heterocycles. The Balaban J connectivity index is 2.03. The van der Waals surface area contributed by atoms with Crippen molar-refractivity contribution in [2.75, 3.05) is 5.32 Å². The molecule has 0 aliphatic carbocycles. The Morgan fingerprint density at radius 3 is 2.79 bits per heavy atom. The first kappa shape index (κ1) is 13.3. The number of nitrogens with zero attached hydrogens (tertiary/aromatic N) is 1. The number of nitrogens with one attached hydrogen (secondary N) is 2. The van der Waals surface area contributed by atoms with Gasteiger partial charge in [0.05, 0.1) is 6.42 Å². The number of benzene rings is 1. The Morgan fingerprint density at radius 1 is 1.32 bits per heavy atom. The number of amides is 1. The number of anilines is 1. The van der Waals surface area contributed by atoms with Crippen LogP contribution < -0.4 is 5.32 Å². The van der Waals surface area contributed by atoms with E-state index in [0.717, 1.165) is 23.2 Å². The van der Waals surface area contributed by atoms with Crippen LogP contribution in [-0.4, -0.2) is 16.1 Å². The van der Waals surface area contributed by atoms with Crippen molar-refractivity contribution in [2.24, 2.45) is 0 Å². The lowest BCUT2D eigenvalue weighted by Gasteiger charge is -2.06. The van der Waals surface area contributed by atoms with Crippen molar-refractivity contribution in [1.82, 2.24) is 10.2 Å². The van der Waals surface area contributed by atoms with Crippen molar-refractivity contribution in [1.29, 1.82) is 0 Å². The molecule has 0 saturated carbocycles. The molecular weight excluding hydrogens is 238 g/mol. The number of aromatic nitrogens is 2. The van der Waals surface area contributed by atoms with Crippen molar-refractivity contribution >= 4 is 11.7 Å². The van der Waals surface area contributed by atoms with E-state index in [1.165, 1.54) is 5.56 Å². The first-order valence-corrected chi connectivity index (χ1v) is 6.48. The average Bonchev–Trinajstić information content (AvgIpc) is 2.81. The van der Waals surface area contributed by atoms with Crippen LogP contribution in [0.1, 0.15) is 29.3 Å². The van der Waals surface area contributed by atoms with Crippen LogP contribution in [0.4, 0.5) is 5.82 Å². The SMILES string of the molecule is CCc1cc(NC(=O)Cc2cc(C)ccc2C)n[nH]1. The van der Waals surface area contributed by atoms with Gasteiger partial charge in [0.1, 0.15) is 0 Å². The number of carbonyl (C=O) groups excluding carboxylic acids is 1. The number of rotatable bonds is 4. The van der Waals surface area contributed by atoms with Crippen molar-refractivity contribution in [3.63, 3.8) is 0 Å². The summed E-state index contributed by atoms with van der Waals surface area (Å²) in [6, 6.07) is 8.01. The van der Waals surface area contributed by atoms with Gasteiger partial charge in [0.25, 0.3) is 0 Å². The van der Waals surface area contributed by atoms with E-state index < -0.39 is 0 Å². The molecule has 100 valence electrons. The third-order valence-electron chi connectivity index (χ3n) is 3.13. The van der Waals surface area contributed by atoms with Gasteiger partial charge in [-0.15, -0.1) is 0 Å². The van der Waals surface area contributed by atoms with E-state index in [0.29, 0.717) is 12.2 Å². The first-order valence-electron chi connectivity index (χ1n) is 6.48. The molecule has 19 heavy (non-hydrogen) atoms. The molecule has 0 radical (unpaired) electrons. The number of hydrogen-bond donors (Lipinski definition) is 2. The topological polar surface area (TPSA) is 57.8 Å². The molecule has 4 nitrogen and oxygen atoms in total. The molecule has 2 rings (SSSR count). The second-order valence-electron chi connectivity index (χ2n) is 4.79. The zero-order valence-corrected chi connectivity index (χ0v) is 11.6. The van der Waals surface area contributed by atoms with Crippen LogP contribution in [0.15, 0.2) is 24.3 Å². The quantitative estimate of drug-likeness (QED) is 0.884. The second kappa shape index (κ2) is 5.69. The smallest absolute Gasteiger partial charge is 0.230 e. The molecule has 1 aromatic heterocycles. The fourth-order valence-electron chi connectivity index (χ4n) is 1.96. The van der Waals surface area contributed by atoms with Crippen LogP contribution in [0.3, 0.4) is 0 Å². The van der Waals surface area contributed by atoms with Crippen LogP contribution in [-0.2, 0) is 17.6 Å². The fourth-order valence-corrected chi connectivity index (χ4v) is 1.96. The molecule has 0 fully saturated rings. The maximum absolute atomic E-state index is 12.0. The minimum absolute atomic E-state index is 0.0390. The van der Waals surface area contributed by atoms with Crippen molar-refractivity contribution in [2.45, 2.75) is 33.6 Å². The van der Waals surface area contributed by atoms with E-state index in [1.807, 2.05) is 32.9 Å². The number of aromatic amines is 1. The van der Waals surface area contributed by atoms with E-state index >= 15 is 0 Å². The van der Waals surface area contributed by atoms with Crippen LogP contribution in [0.25, 0.3) is 0 Å². The van der Waals surface area contributed by atoms with Crippen LogP contribution in [0.5, 0.6) is 0 Å². The van der Waals surface area contributed by atoms with Crippen molar-refractivity contribution in [3.8, 4) is 0 Å². The molecule has 1 aromatic carbocycles. The highest BCUT2D eigenvalue weighted by molar-refractivity contribution is 5.91. The van der Waals surface area contributed by atoms with Crippen molar-refractivity contribution < 1.29 is 4.79 Å². The van der Waals surface area contributed by atoms with Gasteiger partial charge in [0, 0.05) is 11.8 Å². The lowest BCUT2D eigenvalue weighted by atomic mass is 10.0. The third-order valence-corrected chi connectivity index (χ3v) is 3.13. The summed E-state index contributed by atoms with van der Waals surface area (Å²) in [6.45, 7) is 6.09. The summed E-state index contributed by atoms with van der Waals surface area (Å²) < 4.78 is 0. The number of carbonyl (C=O) groups is 1. The van der Waals surface area contributed by atoms with Crippen LogP contribution in [0, 0.1) is 13.8 Å². The van der Waals surface area contributed by atoms with Gasteiger partial charge in [-0.05, 0) is 31.4 Å². The Morgan fingerprint density at radius 2 is 2.11 bits per heavy atom. The van der Waals surface area contributed by atoms with Gasteiger partial charge in [-0.1, -0.05) is 30.7 Å². The van der Waals surface area contributed by atoms with Crippen molar-refractivity contribution in [3.05, 3.63) is 46.6 Å². The van der Waals surface area contributed by atoms with Gasteiger partial charge < -0.3 is 5.32 Å². The predicted molar refractivity (Wildman–Crippen MR) is 76.2 cm³/mol. The zero-order valence-electron chi connectivity index (χ0n) is 11.6. The Labute approximate surface area is 113 Å². The standard InChI is InChI=1S/C15H19N3O/c1-4-13-9-14(18-17-13)16-15(19)8-12-7-10(2)5-6-11(12)3/h5-7,9H,4,8H2,1-3H3,(H2,16,17,18,19). The van der Waals surface area contributed by atoms with Gasteiger partial charge >= 0.3 is 0 Å². The van der Waals surface area contributed by atoms with E-state index in [2.05, 4.69) is 27.6 Å². The molecule has 0 saturated heterocycles.